The molecule has 1 atom stereocenters. The first kappa shape index (κ1) is 12.3. The standard InChI is InChI=1S/C13H15N3O2/c1-18-11-7-14-13(15-8-11)16-12(9-17)10-5-3-2-4-6-10/h2-8,12,17H,9H2,1H3,(H,14,15,16). The number of aliphatic hydroxyl groups excluding tert-OH is 1. The summed E-state index contributed by atoms with van der Waals surface area (Å²) in [5.41, 5.74) is 0.986. The predicted molar refractivity (Wildman–Crippen MR) is 68.5 cm³/mol. The van der Waals surface area contributed by atoms with Crippen LogP contribution in [-0.2, 0) is 0 Å². The third-order valence-electron chi connectivity index (χ3n) is 2.55. The number of nitrogens with one attached hydrogen (secondary N) is 1. The number of nitrogens with zero attached hydrogens (tertiary/aromatic N) is 2. The molecule has 2 N–H and O–H groups in total. The molecule has 0 saturated carbocycles. The zero-order valence-corrected chi connectivity index (χ0v) is 10.1. The highest BCUT2D eigenvalue weighted by Gasteiger charge is 2.10. The Bertz CT molecular complexity index is 473. The Labute approximate surface area is 105 Å². The molecule has 1 unspecified atom stereocenters. The summed E-state index contributed by atoms with van der Waals surface area (Å²) in [5.74, 6) is 1.06. The quantitative estimate of drug-likeness (QED) is 0.838. The van der Waals surface area contributed by atoms with Crippen molar-refractivity contribution in [2.75, 3.05) is 19.0 Å². The fourth-order valence-electron chi connectivity index (χ4n) is 1.57. The van der Waals surface area contributed by atoms with Gasteiger partial charge >= 0.3 is 0 Å². The maximum absolute atomic E-state index is 9.40. The average Bonchev–Trinajstić information content (AvgIpc) is 2.46. The van der Waals surface area contributed by atoms with Crippen molar-refractivity contribution < 1.29 is 9.84 Å². The topological polar surface area (TPSA) is 67.3 Å². The number of rotatable bonds is 5. The SMILES string of the molecule is COc1cnc(NC(CO)c2ccccc2)nc1. The van der Waals surface area contributed by atoms with Gasteiger partial charge in [-0.3, -0.25) is 0 Å². The minimum Gasteiger partial charge on any atom is -0.494 e. The van der Waals surface area contributed by atoms with Crippen LogP contribution in [0.15, 0.2) is 42.7 Å². The third-order valence-corrected chi connectivity index (χ3v) is 2.55. The molecule has 0 spiro atoms. The number of aromatic nitrogens is 2. The summed E-state index contributed by atoms with van der Waals surface area (Å²) in [7, 11) is 1.56. The Kier molecular flexibility index (Phi) is 4.09. The molecule has 0 aliphatic carbocycles. The Morgan fingerprint density at radius 2 is 1.89 bits per heavy atom. The van der Waals surface area contributed by atoms with E-state index in [1.807, 2.05) is 30.3 Å². The number of hydrogen-bond donors (Lipinski definition) is 2. The van der Waals surface area contributed by atoms with E-state index in [1.54, 1.807) is 19.5 Å². The zero-order valence-electron chi connectivity index (χ0n) is 10.1. The maximum Gasteiger partial charge on any atom is 0.223 e. The van der Waals surface area contributed by atoms with Gasteiger partial charge in [-0.25, -0.2) is 9.97 Å². The summed E-state index contributed by atoms with van der Waals surface area (Å²) in [6.07, 6.45) is 3.16. The minimum atomic E-state index is -0.223. The molecule has 0 fully saturated rings. The number of anilines is 1. The average molecular weight is 245 g/mol. The van der Waals surface area contributed by atoms with Gasteiger partial charge in [0.1, 0.15) is 0 Å². The number of aliphatic hydroxyl groups is 1. The van der Waals surface area contributed by atoms with Crippen molar-refractivity contribution in [3.8, 4) is 5.75 Å². The smallest absolute Gasteiger partial charge is 0.223 e. The van der Waals surface area contributed by atoms with Crippen LogP contribution in [0.1, 0.15) is 11.6 Å². The summed E-state index contributed by atoms with van der Waals surface area (Å²) in [5, 5.41) is 12.5. The van der Waals surface area contributed by atoms with Crippen molar-refractivity contribution in [2.24, 2.45) is 0 Å². The number of ether oxygens (including phenoxy) is 1. The predicted octanol–water partition coefficient (Wildman–Crippen LogP) is 1.63. The van der Waals surface area contributed by atoms with Crippen LogP contribution in [-0.4, -0.2) is 28.8 Å². The molecular formula is C13H15N3O2. The van der Waals surface area contributed by atoms with Gasteiger partial charge in [-0.2, -0.15) is 0 Å². The summed E-state index contributed by atoms with van der Waals surface area (Å²) in [4.78, 5) is 8.21. The van der Waals surface area contributed by atoms with Crippen molar-refractivity contribution in [1.82, 2.24) is 9.97 Å². The molecule has 18 heavy (non-hydrogen) atoms. The Morgan fingerprint density at radius 3 is 2.44 bits per heavy atom. The number of methoxy groups -OCH3 is 1. The minimum absolute atomic E-state index is 0.0284. The molecule has 1 aromatic heterocycles. The molecule has 0 radical (unpaired) electrons. The molecule has 2 rings (SSSR count). The van der Waals surface area contributed by atoms with Crippen LogP contribution in [0.3, 0.4) is 0 Å². The van der Waals surface area contributed by atoms with Crippen LogP contribution in [0, 0.1) is 0 Å². The first-order chi connectivity index (χ1) is 8.83. The molecule has 1 heterocycles. The highest BCUT2D eigenvalue weighted by Crippen LogP contribution is 2.17. The maximum atomic E-state index is 9.40. The van der Waals surface area contributed by atoms with E-state index in [4.69, 9.17) is 4.74 Å². The number of benzene rings is 1. The highest BCUT2D eigenvalue weighted by molar-refractivity contribution is 5.33. The Balaban J connectivity index is 2.10. The van der Waals surface area contributed by atoms with E-state index in [0.29, 0.717) is 11.7 Å². The van der Waals surface area contributed by atoms with Gasteiger partial charge in [-0.05, 0) is 5.56 Å². The summed E-state index contributed by atoms with van der Waals surface area (Å²) >= 11 is 0. The molecule has 0 saturated heterocycles. The van der Waals surface area contributed by atoms with Crippen molar-refractivity contribution >= 4 is 5.95 Å². The van der Waals surface area contributed by atoms with Crippen molar-refractivity contribution in [1.29, 1.82) is 0 Å². The van der Waals surface area contributed by atoms with Gasteiger partial charge in [0.2, 0.25) is 5.95 Å². The van der Waals surface area contributed by atoms with E-state index in [1.165, 1.54) is 0 Å². The van der Waals surface area contributed by atoms with Crippen molar-refractivity contribution in [3.63, 3.8) is 0 Å². The van der Waals surface area contributed by atoms with Crippen molar-refractivity contribution in [3.05, 3.63) is 48.3 Å². The van der Waals surface area contributed by atoms with E-state index < -0.39 is 0 Å². The highest BCUT2D eigenvalue weighted by atomic mass is 16.5. The van der Waals surface area contributed by atoms with Crippen molar-refractivity contribution in [2.45, 2.75) is 6.04 Å². The van der Waals surface area contributed by atoms with Crippen LogP contribution in [0.4, 0.5) is 5.95 Å². The van der Waals surface area contributed by atoms with Gasteiger partial charge in [-0.15, -0.1) is 0 Å². The van der Waals surface area contributed by atoms with Crippen LogP contribution < -0.4 is 10.1 Å². The molecule has 94 valence electrons. The molecule has 0 aliphatic heterocycles. The number of hydrogen-bond acceptors (Lipinski definition) is 5. The monoisotopic (exact) mass is 245 g/mol. The second-order valence-corrected chi connectivity index (χ2v) is 3.74. The first-order valence-corrected chi connectivity index (χ1v) is 5.62. The lowest BCUT2D eigenvalue weighted by Crippen LogP contribution is -2.16. The zero-order chi connectivity index (χ0) is 12.8. The van der Waals surface area contributed by atoms with Crippen LogP contribution >= 0.6 is 0 Å². The molecular weight excluding hydrogens is 230 g/mol. The van der Waals surface area contributed by atoms with Crippen LogP contribution in [0.25, 0.3) is 0 Å². The summed E-state index contributed by atoms with van der Waals surface area (Å²) in [6, 6.07) is 9.44. The normalized spacial score (nSPS) is 11.9. The second kappa shape index (κ2) is 5.97. The Morgan fingerprint density at radius 1 is 1.22 bits per heavy atom. The lowest BCUT2D eigenvalue weighted by Gasteiger charge is -2.16. The molecule has 5 heteroatoms. The van der Waals surface area contributed by atoms with Gasteiger partial charge < -0.3 is 15.2 Å². The van der Waals surface area contributed by atoms with Gasteiger partial charge in [0.15, 0.2) is 5.75 Å². The fraction of sp³-hybridized carbons (Fsp3) is 0.231. The fourth-order valence-corrected chi connectivity index (χ4v) is 1.57. The van der Waals surface area contributed by atoms with Gasteiger partial charge in [0, 0.05) is 0 Å². The summed E-state index contributed by atoms with van der Waals surface area (Å²) < 4.78 is 4.98. The van der Waals surface area contributed by atoms with E-state index in [9.17, 15) is 5.11 Å². The van der Waals surface area contributed by atoms with Gasteiger partial charge in [-0.1, -0.05) is 30.3 Å². The first-order valence-electron chi connectivity index (χ1n) is 5.62. The second-order valence-electron chi connectivity index (χ2n) is 3.74. The summed E-state index contributed by atoms with van der Waals surface area (Å²) in [6.45, 7) is -0.0284. The van der Waals surface area contributed by atoms with Crippen LogP contribution in [0.5, 0.6) is 5.75 Å². The third kappa shape index (κ3) is 2.95. The van der Waals surface area contributed by atoms with Crippen LogP contribution in [0.2, 0.25) is 0 Å². The molecule has 0 aliphatic rings. The van der Waals surface area contributed by atoms with E-state index in [0.717, 1.165) is 5.56 Å². The lowest BCUT2D eigenvalue weighted by molar-refractivity contribution is 0.276. The molecule has 5 nitrogen and oxygen atoms in total. The molecule has 0 bridgehead atoms. The lowest BCUT2D eigenvalue weighted by atomic mass is 10.1. The van der Waals surface area contributed by atoms with Gasteiger partial charge in [0.25, 0.3) is 0 Å². The molecule has 0 amide bonds. The Hall–Kier alpha value is -2.14. The largest absolute Gasteiger partial charge is 0.494 e. The van der Waals surface area contributed by atoms with Gasteiger partial charge in [0.05, 0.1) is 32.2 Å². The molecule has 1 aromatic carbocycles. The molecule has 2 aromatic rings. The van der Waals surface area contributed by atoms with E-state index >= 15 is 0 Å². The van der Waals surface area contributed by atoms with E-state index in [2.05, 4.69) is 15.3 Å². The van der Waals surface area contributed by atoms with E-state index in [-0.39, 0.29) is 12.6 Å².